The van der Waals surface area contributed by atoms with Crippen LogP contribution in [-0.4, -0.2) is 15.0 Å². The standard InChI is InChI=1S/C18H19N5/c1-14-2-4-15(5-3-14)11-20-17-10-18(23-13-22-17)21-12-16-6-8-19-9-7-16/h2-10,13H,11-12H2,1H3,(H2,20,21,22,23). The Morgan fingerprint density at radius 2 is 1.35 bits per heavy atom. The second-order valence-electron chi connectivity index (χ2n) is 5.34. The van der Waals surface area contributed by atoms with E-state index < -0.39 is 0 Å². The van der Waals surface area contributed by atoms with Gasteiger partial charge in [-0.15, -0.1) is 0 Å². The Hall–Kier alpha value is -2.95. The zero-order valence-electron chi connectivity index (χ0n) is 13.0. The molecule has 0 amide bonds. The largest absolute Gasteiger partial charge is 0.366 e. The van der Waals surface area contributed by atoms with E-state index in [0.29, 0.717) is 6.54 Å². The highest BCUT2D eigenvalue weighted by molar-refractivity contribution is 5.47. The number of hydrogen-bond acceptors (Lipinski definition) is 5. The molecule has 2 heterocycles. The van der Waals surface area contributed by atoms with E-state index in [2.05, 4.69) is 56.8 Å². The molecule has 0 bridgehead atoms. The zero-order valence-corrected chi connectivity index (χ0v) is 13.0. The van der Waals surface area contributed by atoms with Gasteiger partial charge in [-0.2, -0.15) is 0 Å². The smallest absolute Gasteiger partial charge is 0.131 e. The summed E-state index contributed by atoms with van der Waals surface area (Å²) in [5.41, 5.74) is 3.65. The predicted octanol–water partition coefficient (Wildman–Crippen LogP) is 3.40. The van der Waals surface area contributed by atoms with E-state index in [1.165, 1.54) is 11.1 Å². The Kier molecular flexibility index (Phi) is 4.79. The maximum absolute atomic E-state index is 4.25. The van der Waals surface area contributed by atoms with E-state index in [1.807, 2.05) is 18.2 Å². The number of nitrogens with zero attached hydrogens (tertiary/aromatic N) is 3. The Morgan fingerprint density at radius 1 is 0.783 bits per heavy atom. The lowest BCUT2D eigenvalue weighted by molar-refractivity contribution is 1.05. The fourth-order valence-corrected chi connectivity index (χ4v) is 2.14. The number of nitrogens with one attached hydrogen (secondary N) is 2. The second-order valence-corrected chi connectivity index (χ2v) is 5.34. The number of benzene rings is 1. The molecular weight excluding hydrogens is 286 g/mol. The third-order valence-electron chi connectivity index (χ3n) is 3.48. The van der Waals surface area contributed by atoms with Crippen LogP contribution in [0.4, 0.5) is 11.6 Å². The van der Waals surface area contributed by atoms with Gasteiger partial charge in [0.1, 0.15) is 18.0 Å². The van der Waals surface area contributed by atoms with Gasteiger partial charge in [0.25, 0.3) is 0 Å². The van der Waals surface area contributed by atoms with Crippen LogP contribution in [0.5, 0.6) is 0 Å². The van der Waals surface area contributed by atoms with E-state index in [1.54, 1.807) is 18.7 Å². The van der Waals surface area contributed by atoms with Crippen LogP contribution >= 0.6 is 0 Å². The van der Waals surface area contributed by atoms with Gasteiger partial charge in [-0.1, -0.05) is 29.8 Å². The highest BCUT2D eigenvalue weighted by atomic mass is 15.1. The average molecular weight is 305 g/mol. The van der Waals surface area contributed by atoms with Gasteiger partial charge in [0.05, 0.1) is 0 Å². The minimum absolute atomic E-state index is 0.705. The van der Waals surface area contributed by atoms with Crippen LogP contribution in [-0.2, 0) is 13.1 Å². The first-order valence-electron chi connectivity index (χ1n) is 7.54. The number of rotatable bonds is 6. The monoisotopic (exact) mass is 305 g/mol. The van der Waals surface area contributed by atoms with Crippen LogP contribution in [0.1, 0.15) is 16.7 Å². The van der Waals surface area contributed by atoms with Gasteiger partial charge in [-0.05, 0) is 30.2 Å². The van der Waals surface area contributed by atoms with Crippen molar-refractivity contribution in [2.45, 2.75) is 20.0 Å². The van der Waals surface area contributed by atoms with Gasteiger partial charge < -0.3 is 10.6 Å². The summed E-state index contributed by atoms with van der Waals surface area (Å²) in [6.07, 6.45) is 5.13. The molecule has 3 aromatic rings. The summed E-state index contributed by atoms with van der Waals surface area (Å²) >= 11 is 0. The highest BCUT2D eigenvalue weighted by Gasteiger charge is 2.00. The van der Waals surface area contributed by atoms with Gasteiger partial charge in [0.15, 0.2) is 0 Å². The lowest BCUT2D eigenvalue weighted by Gasteiger charge is -2.09. The molecule has 5 nitrogen and oxygen atoms in total. The third kappa shape index (κ3) is 4.51. The first-order valence-corrected chi connectivity index (χ1v) is 7.54. The molecule has 3 rings (SSSR count). The van der Waals surface area contributed by atoms with E-state index in [4.69, 9.17) is 0 Å². The molecule has 2 aromatic heterocycles. The molecule has 116 valence electrons. The average Bonchev–Trinajstić information content (AvgIpc) is 2.61. The van der Waals surface area contributed by atoms with Gasteiger partial charge in [0.2, 0.25) is 0 Å². The Balaban J connectivity index is 1.57. The summed E-state index contributed by atoms with van der Waals surface area (Å²) in [5, 5.41) is 6.61. The van der Waals surface area contributed by atoms with Crippen LogP contribution in [0.2, 0.25) is 0 Å². The molecule has 0 aliphatic rings. The fraction of sp³-hybridized carbons (Fsp3) is 0.167. The summed E-state index contributed by atoms with van der Waals surface area (Å²) in [6, 6.07) is 14.3. The summed E-state index contributed by atoms with van der Waals surface area (Å²) < 4.78 is 0. The number of aromatic nitrogens is 3. The van der Waals surface area contributed by atoms with Crippen molar-refractivity contribution < 1.29 is 0 Å². The molecule has 0 aliphatic heterocycles. The number of pyridine rings is 1. The highest BCUT2D eigenvalue weighted by Crippen LogP contribution is 2.12. The van der Waals surface area contributed by atoms with Crippen molar-refractivity contribution in [3.05, 3.63) is 77.9 Å². The van der Waals surface area contributed by atoms with Gasteiger partial charge in [0, 0.05) is 31.5 Å². The molecule has 0 atom stereocenters. The molecule has 1 aromatic carbocycles. The summed E-state index contributed by atoms with van der Waals surface area (Å²) in [6.45, 7) is 3.53. The molecule has 5 heteroatoms. The molecule has 0 aliphatic carbocycles. The van der Waals surface area contributed by atoms with E-state index in [0.717, 1.165) is 23.7 Å². The third-order valence-corrected chi connectivity index (χ3v) is 3.48. The van der Waals surface area contributed by atoms with Crippen molar-refractivity contribution in [3.8, 4) is 0 Å². The normalized spacial score (nSPS) is 10.3. The molecule has 0 saturated heterocycles. The number of hydrogen-bond donors (Lipinski definition) is 2. The first-order chi connectivity index (χ1) is 11.3. The van der Waals surface area contributed by atoms with Crippen molar-refractivity contribution in [2.75, 3.05) is 10.6 Å². The van der Waals surface area contributed by atoms with Crippen molar-refractivity contribution in [1.29, 1.82) is 0 Å². The minimum atomic E-state index is 0.705. The lowest BCUT2D eigenvalue weighted by atomic mass is 10.1. The van der Waals surface area contributed by atoms with Crippen LogP contribution in [0.3, 0.4) is 0 Å². The van der Waals surface area contributed by atoms with E-state index >= 15 is 0 Å². The summed E-state index contributed by atoms with van der Waals surface area (Å²) in [5.74, 6) is 1.60. The van der Waals surface area contributed by atoms with Gasteiger partial charge in [-0.25, -0.2) is 9.97 Å². The molecule has 0 saturated carbocycles. The van der Waals surface area contributed by atoms with Crippen molar-refractivity contribution in [2.24, 2.45) is 0 Å². The first kappa shape index (κ1) is 15.0. The van der Waals surface area contributed by atoms with Crippen LogP contribution < -0.4 is 10.6 Å². The summed E-state index contributed by atoms with van der Waals surface area (Å²) in [7, 11) is 0. The SMILES string of the molecule is Cc1ccc(CNc2cc(NCc3ccncc3)ncn2)cc1. The quantitative estimate of drug-likeness (QED) is 0.731. The van der Waals surface area contributed by atoms with Crippen molar-refractivity contribution >= 4 is 11.6 Å². The Bertz CT molecular complexity index is 741. The maximum atomic E-state index is 4.25. The van der Waals surface area contributed by atoms with Gasteiger partial charge in [-0.3, -0.25) is 4.98 Å². The molecule has 0 radical (unpaired) electrons. The molecule has 2 N–H and O–H groups in total. The molecule has 0 unspecified atom stereocenters. The topological polar surface area (TPSA) is 62.7 Å². The van der Waals surface area contributed by atoms with E-state index in [9.17, 15) is 0 Å². The molecule has 23 heavy (non-hydrogen) atoms. The van der Waals surface area contributed by atoms with Gasteiger partial charge >= 0.3 is 0 Å². The molecule has 0 fully saturated rings. The van der Waals surface area contributed by atoms with Crippen molar-refractivity contribution in [1.82, 2.24) is 15.0 Å². The Morgan fingerprint density at radius 3 is 1.96 bits per heavy atom. The minimum Gasteiger partial charge on any atom is -0.366 e. The van der Waals surface area contributed by atoms with Crippen LogP contribution in [0.25, 0.3) is 0 Å². The fourth-order valence-electron chi connectivity index (χ4n) is 2.14. The van der Waals surface area contributed by atoms with Crippen LogP contribution in [0.15, 0.2) is 61.2 Å². The molecule has 0 spiro atoms. The Labute approximate surface area is 135 Å². The lowest BCUT2D eigenvalue weighted by Crippen LogP contribution is -2.05. The number of anilines is 2. The number of aryl methyl sites for hydroxylation is 1. The van der Waals surface area contributed by atoms with Crippen LogP contribution in [0, 0.1) is 6.92 Å². The zero-order chi connectivity index (χ0) is 15.9. The van der Waals surface area contributed by atoms with Crippen molar-refractivity contribution in [3.63, 3.8) is 0 Å². The summed E-state index contributed by atoms with van der Waals surface area (Å²) in [4.78, 5) is 12.5. The van der Waals surface area contributed by atoms with E-state index in [-0.39, 0.29) is 0 Å². The molecular formula is C18H19N5. The second kappa shape index (κ2) is 7.35. The predicted molar refractivity (Wildman–Crippen MR) is 92.1 cm³/mol. The maximum Gasteiger partial charge on any atom is 0.131 e.